The number of likely N-dealkylation sites (tertiary alicyclic amines) is 1. The van der Waals surface area contributed by atoms with E-state index in [1.54, 1.807) is 0 Å². The second-order valence-corrected chi connectivity index (χ2v) is 5.59. The molecule has 0 radical (unpaired) electrons. The largest absolute Gasteiger partial charge is 0.381 e. The monoisotopic (exact) mass is 226 g/mol. The van der Waals surface area contributed by atoms with Crippen LogP contribution in [0.1, 0.15) is 39.0 Å². The fraction of sp³-hybridized carbons (Fsp3) is 1.00. The van der Waals surface area contributed by atoms with E-state index in [0.29, 0.717) is 12.1 Å². The SMILES string of the molecule is COC1CCC(NC2CCN(C)C(C)C2)C1. The van der Waals surface area contributed by atoms with Crippen LogP contribution >= 0.6 is 0 Å². The van der Waals surface area contributed by atoms with Crippen LogP contribution in [0.2, 0.25) is 0 Å². The predicted octanol–water partition coefficient (Wildman–Crippen LogP) is 1.63. The van der Waals surface area contributed by atoms with E-state index in [2.05, 4.69) is 24.2 Å². The number of hydrogen-bond acceptors (Lipinski definition) is 3. The van der Waals surface area contributed by atoms with Gasteiger partial charge in [0.1, 0.15) is 0 Å². The minimum atomic E-state index is 0.501. The molecule has 0 bridgehead atoms. The summed E-state index contributed by atoms with van der Waals surface area (Å²) in [6.45, 7) is 3.57. The van der Waals surface area contributed by atoms with E-state index in [-0.39, 0.29) is 0 Å². The maximum Gasteiger partial charge on any atom is 0.0586 e. The molecule has 0 aromatic heterocycles. The lowest BCUT2D eigenvalue weighted by atomic mass is 9.98. The maximum atomic E-state index is 5.42. The average Bonchev–Trinajstić information content (AvgIpc) is 2.71. The molecule has 1 heterocycles. The minimum absolute atomic E-state index is 0.501. The number of rotatable bonds is 3. The Balaban J connectivity index is 1.74. The summed E-state index contributed by atoms with van der Waals surface area (Å²) in [5.74, 6) is 0. The van der Waals surface area contributed by atoms with Gasteiger partial charge < -0.3 is 15.0 Å². The van der Waals surface area contributed by atoms with Crippen LogP contribution in [0.3, 0.4) is 0 Å². The second kappa shape index (κ2) is 5.48. The molecular weight excluding hydrogens is 200 g/mol. The van der Waals surface area contributed by atoms with Gasteiger partial charge in [-0.3, -0.25) is 0 Å². The summed E-state index contributed by atoms with van der Waals surface area (Å²) >= 11 is 0. The molecule has 2 rings (SSSR count). The van der Waals surface area contributed by atoms with Crippen LogP contribution in [0.15, 0.2) is 0 Å². The lowest BCUT2D eigenvalue weighted by Crippen LogP contribution is -2.48. The number of nitrogens with one attached hydrogen (secondary N) is 1. The third-order valence-electron chi connectivity index (χ3n) is 4.40. The zero-order valence-electron chi connectivity index (χ0n) is 10.9. The lowest BCUT2D eigenvalue weighted by molar-refractivity contribution is 0.105. The first-order valence-corrected chi connectivity index (χ1v) is 6.68. The van der Waals surface area contributed by atoms with E-state index < -0.39 is 0 Å². The predicted molar refractivity (Wildman–Crippen MR) is 66.7 cm³/mol. The van der Waals surface area contributed by atoms with Gasteiger partial charge in [-0.1, -0.05) is 0 Å². The molecule has 0 aromatic carbocycles. The molecule has 0 amide bonds. The first kappa shape index (κ1) is 12.3. The summed E-state index contributed by atoms with van der Waals surface area (Å²) < 4.78 is 5.42. The van der Waals surface area contributed by atoms with Crippen LogP contribution in [-0.2, 0) is 4.74 Å². The molecule has 1 aliphatic heterocycles. The Bertz CT molecular complexity index is 222. The molecule has 4 atom stereocenters. The summed E-state index contributed by atoms with van der Waals surface area (Å²) in [6, 6.07) is 2.16. The van der Waals surface area contributed by atoms with Gasteiger partial charge in [-0.05, 0) is 52.6 Å². The Morgan fingerprint density at radius 2 is 1.88 bits per heavy atom. The van der Waals surface area contributed by atoms with Crippen LogP contribution in [0, 0.1) is 0 Å². The Hall–Kier alpha value is -0.120. The van der Waals surface area contributed by atoms with Crippen LogP contribution in [-0.4, -0.2) is 49.8 Å². The highest BCUT2D eigenvalue weighted by Gasteiger charge is 2.29. The van der Waals surface area contributed by atoms with Crippen molar-refractivity contribution in [2.75, 3.05) is 20.7 Å². The molecule has 1 aliphatic carbocycles. The molecular formula is C13H26N2O. The fourth-order valence-corrected chi connectivity index (χ4v) is 3.08. The number of piperidine rings is 1. The lowest BCUT2D eigenvalue weighted by Gasteiger charge is -2.36. The van der Waals surface area contributed by atoms with Gasteiger partial charge in [0.05, 0.1) is 6.10 Å². The Morgan fingerprint density at radius 3 is 2.50 bits per heavy atom. The molecule has 4 unspecified atom stereocenters. The van der Waals surface area contributed by atoms with Crippen LogP contribution in [0.5, 0.6) is 0 Å². The zero-order chi connectivity index (χ0) is 11.5. The topological polar surface area (TPSA) is 24.5 Å². The van der Waals surface area contributed by atoms with Gasteiger partial charge in [-0.2, -0.15) is 0 Å². The van der Waals surface area contributed by atoms with Crippen LogP contribution < -0.4 is 5.32 Å². The number of hydrogen-bond donors (Lipinski definition) is 1. The maximum absolute atomic E-state index is 5.42. The average molecular weight is 226 g/mol. The normalized spacial score (nSPS) is 41.4. The molecule has 1 saturated heterocycles. The van der Waals surface area contributed by atoms with E-state index in [9.17, 15) is 0 Å². The number of methoxy groups -OCH3 is 1. The van der Waals surface area contributed by atoms with Crippen molar-refractivity contribution in [3.8, 4) is 0 Å². The fourth-order valence-electron chi connectivity index (χ4n) is 3.08. The Morgan fingerprint density at radius 1 is 1.12 bits per heavy atom. The molecule has 16 heavy (non-hydrogen) atoms. The Kier molecular flexibility index (Phi) is 4.22. The summed E-state index contributed by atoms with van der Waals surface area (Å²) in [5, 5.41) is 3.83. The van der Waals surface area contributed by atoms with Gasteiger partial charge in [0.25, 0.3) is 0 Å². The van der Waals surface area contributed by atoms with Crippen molar-refractivity contribution in [2.24, 2.45) is 0 Å². The van der Waals surface area contributed by atoms with E-state index in [4.69, 9.17) is 4.74 Å². The molecule has 2 fully saturated rings. The third-order valence-corrected chi connectivity index (χ3v) is 4.40. The van der Waals surface area contributed by atoms with Gasteiger partial charge >= 0.3 is 0 Å². The zero-order valence-corrected chi connectivity index (χ0v) is 10.9. The van der Waals surface area contributed by atoms with E-state index in [1.807, 2.05) is 7.11 Å². The molecule has 3 nitrogen and oxygen atoms in total. The Labute approximate surface area is 99.5 Å². The van der Waals surface area contributed by atoms with E-state index >= 15 is 0 Å². The van der Waals surface area contributed by atoms with Gasteiger partial charge in [0.2, 0.25) is 0 Å². The van der Waals surface area contributed by atoms with Crippen molar-refractivity contribution in [1.82, 2.24) is 10.2 Å². The van der Waals surface area contributed by atoms with E-state index in [0.717, 1.165) is 12.1 Å². The number of nitrogens with zero attached hydrogens (tertiary/aromatic N) is 1. The standard InChI is InChI=1S/C13H26N2O/c1-10-8-12(6-7-15(10)2)14-11-4-5-13(9-11)16-3/h10-14H,4-9H2,1-3H3. The highest BCUT2D eigenvalue weighted by atomic mass is 16.5. The van der Waals surface area contributed by atoms with Crippen LogP contribution in [0.25, 0.3) is 0 Å². The molecule has 1 saturated carbocycles. The quantitative estimate of drug-likeness (QED) is 0.791. The third kappa shape index (κ3) is 2.96. The van der Waals surface area contributed by atoms with Gasteiger partial charge in [0.15, 0.2) is 0 Å². The summed E-state index contributed by atoms with van der Waals surface area (Å²) in [7, 11) is 4.07. The van der Waals surface area contributed by atoms with Crippen molar-refractivity contribution < 1.29 is 4.74 Å². The van der Waals surface area contributed by atoms with Crippen molar-refractivity contribution in [2.45, 2.75) is 63.3 Å². The summed E-state index contributed by atoms with van der Waals surface area (Å²) in [5.41, 5.74) is 0. The first-order valence-electron chi connectivity index (χ1n) is 6.68. The van der Waals surface area contributed by atoms with Crippen molar-refractivity contribution in [1.29, 1.82) is 0 Å². The molecule has 94 valence electrons. The van der Waals surface area contributed by atoms with Crippen molar-refractivity contribution >= 4 is 0 Å². The highest BCUT2D eigenvalue weighted by Crippen LogP contribution is 2.24. The molecule has 1 N–H and O–H groups in total. The van der Waals surface area contributed by atoms with Gasteiger partial charge in [-0.15, -0.1) is 0 Å². The van der Waals surface area contributed by atoms with Gasteiger partial charge in [-0.25, -0.2) is 0 Å². The summed E-state index contributed by atoms with van der Waals surface area (Å²) in [4.78, 5) is 2.46. The van der Waals surface area contributed by atoms with Crippen molar-refractivity contribution in [3.63, 3.8) is 0 Å². The van der Waals surface area contributed by atoms with Gasteiger partial charge in [0, 0.05) is 25.2 Å². The summed E-state index contributed by atoms with van der Waals surface area (Å²) in [6.07, 6.45) is 6.83. The molecule has 3 heteroatoms. The number of ether oxygens (including phenoxy) is 1. The second-order valence-electron chi connectivity index (χ2n) is 5.59. The van der Waals surface area contributed by atoms with E-state index in [1.165, 1.54) is 38.6 Å². The van der Waals surface area contributed by atoms with Crippen molar-refractivity contribution in [3.05, 3.63) is 0 Å². The molecule has 0 aromatic rings. The highest BCUT2D eigenvalue weighted by molar-refractivity contribution is 4.87. The van der Waals surface area contributed by atoms with Crippen LogP contribution in [0.4, 0.5) is 0 Å². The molecule has 0 spiro atoms. The first-order chi connectivity index (χ1) is 7.69. The minimum Gasteiger partial charge on any atom is -0.381 e. The smallest absolute Gasteiger partial charge is 0.0586 e. The molecule has 2 aliphatic rings.